The Labute approximate surface area is 173 Å². The van der Waals surface area contributed by atoms with E-state index in [9.17, 15) is 4.79 Å². The normalized spacial score (nSPS) is 10.9. The first kappa shape index (κ1) is 20.7. The lowest BCUT2D eigenvalue weighted by atomic mass is 9.88. The number of carbonyl (C=O) groups is 1. The molecule has 3 nitrogen and oxygen atoms in total. The van der Waals surface area contributed by atoms with Gasteiger partial charge in [-0.1, -0.05) is 92.7 Å². The van der Waals surface area contributed by atoms with Crippen LogP contribution in [0.15, 0.2) is 84.9 Å². The van der Waals surface area contributed by atoms with E-state index in [1.165, 1.54) is 11.1 Å². The highest BCUT2D eigenvalue weighted by Crippen LogP contribution is 2.27. The van der Waals surface area contributed by atoms with Crippen LogP contribution in [0.2, 0.25) is 0 Å². The fourth-order valence-corrected chi connectivity index (χ4v) is 3.54. The van der Waals surface area contributed by atoms with E-state index in [4.69, 9.17) is 4.74 Å². The van der Waals surface area contributed by atoms with Gasteiger partial charge in [-0.05, 0) is 35.1 Å². The lowest BCUT2D eigenvalue weighted by Gasteiger charge is -2.19. The second-order valence-corrected chi connectivity index (χ2v) is 7.49. The van der Waals surface area contributed by atoms with Gasteiger partial charge in [0, 0.05) is 12.5 Å². The SMILES string of the molecule is CC(C)c1ccccc1OCC(=O)NCCC(c1ccccc1)c1ccccc1. The van der Waals surface area contributed by atoms with Gasteiger partial charge in [0.25, 0.3) is 5.91 Å². The molecule has 0 radical (unpaired) electrons. The lowest BCUT2D eigenvalue weighted by molar-refractivity contribution is -0.123. The highest BCUT2D eigenvalue weighted by Gasteiger charge is 2.14. The Kier molecular flexibility index (Phi) is 7.46. The predicted molar refractivity (Wildman–Crippen MR) is 118 cm³/mol. The molecule has 3 rings (SSSR count). The molecule has 0 spiro atoms. The van der Waals surface area contributed by atoms with Crippen LogP contribution < -0.4 is 10.1 Å². The topological polar surface area (TPSA) is 38.3 Å². The number of nitrogens with one attached hydrogen (secondary N) is 1. The summed E-state index contributed by atoms with van der Waals surface area (Å²) in [6.45, 7) is 4.87. The Hall–Kier alpha value is -3.07. The average Bonchev–Trinajstić information content (AvgIpc) is 2.76. The summed E-state index contributed by atoms with van der Waals surface area (Å²) in [6.07, 6.45) is 0.836. The molecular formula is C26H29NO2. The average molecular weight is 388 g/mol. The zero-order valence-electron chi connectivity index (χ0n) is 17.2. The minimum atomic E-state index is -0.0940. The van der Waals surface area contributed by atoms with E-state index < -0.39 is 0 Å². The van der Waals surface area contributed by atoms with Crippen LogP contribution in [-0.2, 0) is 4.79 Å². The minimum absolute atomic E-state index is 0.0328. The molecule has 3 aromatic carbocycles. The number of hydrogen-bond donors (Lipinski definition) is 1. The molecule has 0 aliphatic heterocycles. The highest BCUT2D eigenvalue weighted by atomic mass is 16.5. The molecule has 1 N–H and O–H groups in total. The standard InChI is InChI=1S/C26H29NO2/c1-20(2)23-15-9-10-16-25(23)29-19-26(28)27-18-17-24(21-11-5-3-6-12-21)22-13-7-4-8-14-22/h3-16,20,24H,17-19H2,1-2H3,(H,27,28). The van der Waals surface area contributed by atoms with Gasteiger partial charge in [-0.3, -0.25) is 4.79 Å². The van der Waals surface area contributed by atoms with Crippen molar-refractivity contribution < 1.29 is 9.53 Å². The van der Waals surface area contributed by atoms with Gasteiger partial charge in [0.05, 0.1) is 0 Å². The maximum atomic E-state index is 12.3. The Morgan fingerprint density at radius 2 is 1.38 bits per heavy atom. The van der Waals surface area contributed by atoms with Gasteiger partial charge in [0.1, 0.15) is 5.75 Å². The number of benzene rings is 3. The van der Waals surface area contributed by atoms with Crippen molar-refractivity contribution >= 4 is 5.91 Å². The molecule has 3 aromatic rings. The van der Waals surface area contributed by atoms with Crippen molar-refractivity contribution in [1.82, 2.24) is 5.32 Å². The zero-order chi connectivity index (χ0) is 20.5. The van der Waals surface area contributed by atoms with Crippen LogP contribution in [-0.4, -0.2) is 19.1 Å². The van der Waals surface area contributed by atoms with Crippen LogP contribution in [0.25, 0.3) is 0 Å². The first-order valence-electron chi connectivity index (χ1n) is 10.2. The summed E-state index contributed by atoms with van der Waals surface area (Å²) in [7, 11) is 0. The van der Waals surface area contributed by atoms with Crippen LogP contribution in [0.3, 0.4) is 0 Å². The molecule has 0 aliphatic carbocycles. The molecule has 0 fully saturated rings. The Balaban J connectivity index is 1.55. The van der Waals surface area contributed by atoms with Crippen molar-refractivity contribution in [3.8, 4) is 5.75 Å². The highest BCUT2D eigenvalue weighted by molar-refractivity contribution is 5.77. The van der Waals surface area contributed by atoms with Crippen LogP contribution in [0, 0.1) is 0 Å². The molecule has 29 heavy (non-hydrogen) atoms. The van der Waals surface area contributed by atoms with Gasteiger partial charge in [-0.25, -0.2) is 0 Å². The second-order valence-electron chi connectivity index (χ2n) is 7.49. The summed E-state index contributed by atoms with van der Waals surface area (Å²) in [5.74, 6) is 1.29. The van der Waals surface area contributed by atoms with Crippen molar-refractivity contribution in [2.75, 3.05) is 13.2 Å². The quantitative estimate of drug-likeness (QED) is 0.524. The van der Waals surface area contributed by atoms with Gasteiger partial charge in [0.15, 0.2) is 6.61 Å². The number of rotatable bonds is 9. The Morgan fingerprint density at radius 3 is 1.97 bits per heavy atom. The number of para-hydroxylation sites is 1. The van der Waals surface area contributed by atoms with Crippen LogP contribution >= 0.6 is 0 Å². The maximum Gasteiger partial charge on any atom is 0.257 e. The predicted octanol–water partition coefficient (Wildman–Crippen LogP) is 5.53. The van der Waals surface area contributed by atoms with Gasteiger partial charge in [-0.15, -0.1) is 0 Å². The summed E-state index contributed by atoms with van der Waals surface area (Å²) in [5.41, 5.74) is 3.64. The molecule has 0 heterocycles. The Bertz CT molecular complexity index is 851. The van der Waals surface area contributed by atoms with Crippen LogP contribution in [0.4, 0.5) is 0 Å². The van der Waals surface area contributed by atoms with Gasteiger partial charge in [0.2, 0.25) is 0 Å². The molecule has 1 amide bonds. The molecule has 0 unspecified atom stereocenters. The largest absolute Gasteiger partial charge is 0.483 e. The third kappa shape index (κ3) is 5.95. The van der Waals surface area contributed by atoms with E-state index in [0.29, 0.717) is 12.5 Å². The van der Waals surface area contributed by atoms with E-state index in [0.717, 1.165) is 17.7 Å². The van der Waals surface area contributed by atoms with Crippen LogP contribution in [0.5, 0.6) is 5.75 Å². The molecular weight excluding hydrogens is 358 g/mol. The number of carbonyl (C=O) groups excluding carboxylic acids is 1. The summed E-state index contributed by atoms with van der Waals surface area (Å²) in [6, 6.07) is 28.8. The summed E-state index contributed by atoms with van der Waals surface area (Å²) in [4.78, 5) is 12.3. The smallest absolute Gasteiger partial charge is 0.257 e. The second kappa shape index (κ2) is 10.5. The van der Waals surface area contributed by atoms with Crippen molar-refractivity contribution in [3.63, 3.8) is 0 Å². The monoisotopic (exact) mass is 387 g/mol. The first-order chi connectivity index (χ1) is 14.1. The van der Waals surface area contributed by atoms with Crippen molar-refractivity contribution in [2.45, 2.75) is 32.1 Å². The zero-order valence-corrected chi connectivity index (χ0v) is 17.2. The molecule has 0 saturated heterocycles. The van der Waals surface area contributed by atoms with E-state index in [1.807, 2.05) is 36.4 Å². The summed E-state index contributed by atoms with van der Waals surface area (Å²) < 4.78 is 5.78. The third-order valence-electron chi connectivity index (χ3n) is 5.06. The lowest BCUT2D eigenvalue weighted by Crippen LogP contribution is -2.30. The first-order valence-corrected chi connectivity index (χ1v) is 10.2. The van der Waals surface area contributed by atoms with Gasteiger partial charge in [-0.2, -0.15) is 0 Å². The fraction of sp³-hybridized carbons (Fsp3) is 0.269. The fourth-order valence-electron chi connectivity index (χ4n) is 3.54. The van der Waals surface area contributed by atoms with Crippen molar-refractivity contribution in [2.24, 2.45) is 0 Å². The molecule has 0 saturated carbocycles. The van der Waals surface area contributed by atoms with E-state index in [-0.39, 0.29) is 18.4 Å². The molecule has 0 atom stereocenters. The number of hydrogen-bond acceptors (Lipinski definition) is 2. The molecule has 150 valence electrons. The molecule has 3 heteroatoms. The maximum absolute atomic E-state index is 12.3. The van der Waals surface area contributed by atoms with Gasteiger partial charge < -0.3 is 10.1 Å². The number of amides is 1. The van der Waals surface area contributed by atoms with Gasteiger partial charge >= 0.3 is 0 Å². The summed E-state index contributed by atoms with van der Waals surface area (Å²) >= 11 is 0. The van der Waals surface area contributed by atoms with Crippen molar-refractivity contribution in [3.05, 3.63) is 102 Å². The molecule has 0 bridgehead atoms. The van der Waals surface area contributed by atoms with E-state index in [2.05, 4.69) is 67.7 Å². The third-order valence-corrected chi connectivity index (χ3v) is 5.06. The van der Waals surface area contributed by atoms with E-state index in [1.54, 1.807) is 0 Å². The molecule has 0 aromatic heterocycles. The Morgan fingerprint density at radius 1 is 0.828 bits per heavy atom. The minimum Gasteiger partial charge on any atom is -0.483 e. The molecule has 0 aliphatic rings. The van der Waals surface area contributed by atoms with Crippen LogP contribution in [0.1, 0.15) is 48.8 Å². The summed E-state index contributed by atoms with van der Waals surface area (Å²) in [5, 5.41) is 3.01. The van der Waals surface area contributed by atoms with Crippen molar-refractivity contribution in [1.29, 1.82) is 0 Å². The van der Waals surface area contributed by atoms with E-state index >= 15 is 0 Å². The number of ether oxygens (including phenoxy) is 1.